The van der Waals surface area contributed by atoms with Gasteiger partial charge in [-0.3, -0.25) is 0 Å². The second kappa shape index (κ2) is 5.07. The Morgan fingerprint density at radius 2 is 1.35 bits per heavy atom. The van der Waals surface area contributed by atoms with Gasteiger partial charge >= 0.3 is 11.9 Å². The van der Waals surface area contributed by atoms with Crippen LogP contribution in [0.15, 0.2) is 11.5 Å². The third-order valence-corrected chi connectivity index (χ3v) is 1.82. The zero-order chi connectivity index (χ0) is 13.1. The van der Waals surface area contributed by atoms with Crippen LogP contribution in [-0.4, -0.2) is 30.9 Å². The van der Waals surface area contributed by atoms with E-state index in [0.29, 0.717) is 0 Å². The van der Waals surface area contributed by atoms with E-state index in [0.717, 1.165) is 0 Å². The third kappa shape index (κ3) is 3.12. The fourth-order valence-corrected chi connectivity index (χ4v) is 1.27. The highest BCUT2D eigenvalue weighted by Crippen LogP contribution is 2.31. The van der Waals surface area contributed by atoms with E-state index in [9.17, 15) is 9.59 Å². The normalized spacial score (nSPS) is 17.2. The second-order valence-electron chi connectivity index (χ2n) is 3.70. The van der Waals surface area contributed by atoms with Gasteiger partial charge < -0.3 is 18.9 Å². The lowest BCUT2D eigenvalue weighted by Crippen LogP contribution is -2.23. The molecule has 6 nitrogen and oxygen atoms in total. The summed E-state index contributed by atoms with van der Waals surface area (Å²) >= 11 is 0. The summed E-state index contributed by atoms with van der Waals surface area (Å²) in [4.78, 5) is 23.1. The molecule has 6 heteroatoms. The quantitative estimate of drug-likeness (QED) is 0.690. The van der Waals surface area contributed by atoms with Gasteiger partial charge in [0.1, 0.15) is 0 Å². The lowest BCUT2D eigenvalue weighted by Gasteiger charge is -2.17. The molecule has 0 aromatic rings. The molecule has 0 atom stereocenters. The SMILES string of the molecule is CCOC(=O)C1=C(C(=O)OCC)OC(C)(C)O1. The topological polar surface area (TPSA) is 71.1 Å². The molecule has 0 spiro atoms. The van der Waals surface area contributed by atoms with Crippen molar-refractivity contribution in [3.63, 3.8) is 0 Å². The summed E-state index contributed by atoms with van der Waals surface area (Å²) < 4.78 is 20.0. The van der Waals surface area contributed by atoms with Crippen LogP contribution in [0.25, 0.3) is 0 Å². The number of hydrogen-bond acceptors (Lipinski definition) is 6. The summed E-state index contributed by atoms with van der Waals surface area (Å²) in [6.45, 7) is 6.84. The molecule has 17 heavy (non-hydrogen) atoms. The molecule has 1 aliphatic heterocycles. The Morgan fingerprint density at radius 1 is 1.00 bits per heavy atom. The molecule has 96 valence electrons. The minimum atomic E-state index is -1.08. The lowest BCUT2D eigenvalue weighted by atomic mass is 10.4. The van der Waals surface area contributed by atoms with Crippen molar-refractivity contribution in [3.8, 4) is 0 Å². The molecule has 0 unspecified atom stereocenters. The molecule has 1 heterocycles. The molecule has 0 bridgehead atoms. The van der Waals surface area contributed by atoms with Gasteiger partial charge in [-0.15, -0.1) is 0 Å². The van der Waals surface area contributed by atoms with Crippen molar-refractivity contribution >= 4 is 11.9 Å². The molecular weight excluding hydrogens is 228 g/mol. The molecular formula is C11H16O6. The van der Waals surface area contributed by atoms with Crippen molar-refractivity contribution in [3.05, 3.63) is 11.5 Å². The third-order valence-electron chi connectivity index (χ3n) is 1.82. The van der Waals surface area contributed by atoms with Crippen LogP contribution in [0.2, 0.25) is 0 Å². The smallest absolute Gasteiger partial charge is 0.378 e. The molecule has 0 radical (unpaired) electrons. The Bertz CT molecular complexity index is 323. The summed E-state index contributed by atoms with van der Waals surface area (Å²) in [7, 11) is 0. The van der Waals surface area contributed by atoms with Crippen LogP contribution < -0.4 is 0 Å². The van der Waals surface area contributed by atoms with Crippen molar-refractivity contribution in [1.29, 1.82) is 0 Å². The fourth-order valence-electron chi connectivity index (χ4n) is 1.27. The first-order valence-corrected chi connectivity index (χ1v) is 5.37. The molecule has 0 saturated carbocycles. The van der Waals surface area contributed by atoms with E-state index in [1.165, 1.54) is 0 Å². The van der Waals surface area contributed by atoms with Crippen LogP contribution in [-0.2, 0) is 28.5 Å². The average Bonchev–Trinajstić information content (AvgIpc) is 2.55. The lowest BCUT2D eigenvalue weighted by molar-refractivity contribution is -0.159. The maximum Gasteiger partial charge on any atom is 0.378 e. The van der Waals surface area contributed by atoms with Crippen LogP contribution in [0.5, 0.6) is 0 Å². The first kappa shape index (κ1) is 13.3. The molecule has 0 fully saturated rings. The maximum atomic E-state index is 11.6. The first-order valence-electron chi connectivity index (χ1n) is 5.37. The van der Waals surface area contributed by atoms with Crippen molar-refractivity contribution in [2.45, 2.75) is 33.5 Å². The van der Waals surface area contributed by atoms with Gasteiger partial charge in [-0.1, -0.05) is 0 Å². The summed E-state index contributed by atoms with van der Waals surface area (Å²) in [5, 5.41) is 0. The predicted octanol–water partition coefficient (Wildman–Crippen LogP) is 1.11. The van der Waals surface area contributed by atoms with E-state index in [-0.39, 0.29) is 24.7 Å². The molecule has 0 aliphatic carbocycles. The number of carbonyl (C=O) groups is 2. The maximum absolute atomic E-state index is 11.6. The highest BCUT2D eigenvalue weighted by molar-refractivity contribution is 5.98. The van der Waals surface area contributed by atoms with Crippen LogP contribution in [0, 0.1) is 0 Å². The van der Waals surface area contributed by atoms with Crippen molar-refractivity contribution in [1.82, 2.24) is 0 Å². The monoisotopic (exact) mass is 244 g/mol. The van der Waals surface area contributed by atoms with Gasteiger partial charge in [-0.25, -0.2) is 9.59 Å². The highest BCUT2D eigenvalue weighted by atomic mass is 16.7. The molecule has 0 N–H and O–H groups in total. The Kier molecular flexibility index (Phi) is 3.98. The minimum Gasteiger partial charge on any atom is -0.460 e. The number of rotatable bonds is 4. The van der Waals surface area contributed by atoms with E-state index in [1.54, 1.807) is 27.7 Å². The van der Waals surface area contributed by atoms with E-state index in [4.69, 9.17) is 18.9 Å². The molecule has 0 saturated heterocycles. The van der Waals surface area contributed by atoms with Gasteiger partial charge in [0.05, 0.1) is 13.2 Å². The molecule has 1 aliphatic rings. The van der Waals surface area contributed by atoms with Gasteiger partial charge in [0, 0.05) is 13.8 Å². The van der Waals surface area contributed by atoms with E-state index < -0.39 is 17.7 Å². The number of ether oxygens (including phenoxy) is 4. The van der Waals surface area contributed by atoms with Crippen LogP contribution in [0.3, 0.4) is 0 Å². The molecule has 0 aromatic carbocycles. The number of esters is 2. The minimum absolute atomic E-state index is 0.183. The standard InChI is InChI=1S/C11H16O6/c1-5-14-9(12)7-8(10(13)15-6-2)17-11(3,4)16-7/h5-6H2,1-4H3. The predicted molar refractivity (Wildman–Crippen MR) is 56.5 cm³/mol. The zero-order valence-corrected chi connectivity index (χ0v) is 10.4. The Hall–Kier alpha value is -1.72. The van der Waals surface area contributed by atoms with Crippen LogP contribution >= 0.6 is 0 Å². The molecule has 0 aromatic heterocycles. The van der Waals surface area contributed by atoms with Crippen LogP contribution in [0.1, 0.15) is 27.7 Å². The first-order chi connectivity index (χ1) is 7.91. The van der Waals surface area contributed by atoms with Gasteiger partial charge in [0.2, 0.25) is 5.79 Å². The molecule has 0 amide bonds. The zero-order valence-electron chi connectivity index (χ0n) is 10.4. The van der Waals surface area contributed by atoms with Crippen molar-refractivity contribution in [2.24, 2.45) is 0 Å². The number of carbonyl (C=O) groups excluding carboxylic acids is 2. The van der Waals surface area contributed by atoms with Crippen molar-refractivity contribution in [2.75, 3.05) is 13.2 Å². The van der Waals surface area contributed by atoms with Gasteiger partial charge in [-0.05, 0) is 13.8 Å². The van der Waals surface area contributed by atoms with E-state index >= 15 is 0 Å². The average molecular weight is 244 g/mol. The molecule has 1 rings (SSSR count). The number of hydrogen-bond donors (Lipinski definition) is 0. The van der Waals surface area contributed by atoms with Gasteiger partial charge in [-0.2, -0.15) is 0 Å². The second-order valence-corrected chi connectivity index (χ2v) is 3.70. The van der Waals surface area contributed by atoms with Gasteiger partial charge in [0.15, 0.2) is 0 Å². The summed E-state index contributed by atoms with van der Waals surface area (Å²) in [6, 6.07) is 0. The van der Waals surface area contributed by atoms with Crippen LogP contribution in [0.4, 0.5) is 0 Å². The Morgan fingerprint density at radius 3 is 1.65 bits per heavy atom. The summed E-state index contributed by atoms with van der Waals surface area (Å²) in [6.07, 6.45) is 0. The van der Waals surface area contributed by atoms with E-state index in [1.807, 2.05) is 0 Å². The Balaban J connectivity index is 2.95. The van der Waals surface area contributed by atoms with E-state index in [2.05, 4.69) is 0 Å². The summed E-state index contributed by atoms with van der Waals surface area (Å²) in [5.41, 5.74) is 0. The largest absolute Gasteiger partial charge is 0.460 e. The van der Waals surface area contributed by atoms with Gasteiger partial charge in [0.25, 0.3) is 11.5 Å². The fraction of sp³-hybridized carbons (Fsp3) is 0.636. The summed E-state index contributed by atoms with van der Waals surface area (Å²) in [5.74, 6) is -3.03. The highest BCUT2D eigenvalue weighted by Gasteiger charge is 2.42. The Labute approximate surface area is 99.5 Å². The van der Waals surface area contributed by atoms with Crippen molar-refractivity contribution < 1.29 is 28.5 Å².